The van der Waals surface area contributed by atoms with Gasteiger partial charge in [0, 0.05) is 25.7 Å². The van der Waals surface area contributed by atoms with Crippen molar-refractivity contribution in [3.8, 4) is 0 Å². The fourth-order valence-corrected chi connectivity index (χ4v) is 4.29. The Labute approximate surface area is 223 Å². The lowest BCUT2D eigenvalue weighted by atomic mass is 9.83. The maximum absolute atomic E-state index is 5.94. The van der Waals surface area contributed by atoms with Crippen molar-refractivity contribution in [1.29, 1.82) is 0 Å². The molecule has 2 aliphatic rings. The lowest BCUT2D eigenvalue weighted by molar-refractivity contribution is 0.300. The Morgan fingerprint density at radius 3 is 2.06 bits per heavy atom. The summed E-state index contributed by atoms with van der Waals surface area (Å²) in [5.41, 5.74) is 5.40. The van der Waals surface area contributed by atoms with Gasteiger partial charge >= 0.3 is 0 Å². The maximum atomic E-state index is 5.94. The Kier molecular flexibility index (Phi) is 26.7. The summed E-state index contributed by atoms with van der Waals surface area (Å²) in [7, 11) is 1.82. The molecule has 2 aliphatic carbocycles. The highest BCUT2D eigenvalue weighted by atomic mass is 35.5. The number of nitrogens with zero attached hydrogens (tertiary/aromatic N) is 2. The summed E-state index contributed by atoms with van der Waals surface area (Å²) in [6, 6.07) is 2.52. The molecule has 0 amide bonds. The summed E-state index contributed by atoms with van der Waals surface area (Å²) >= 11 is 5.94. The van der Waals surface area contributed by atoms with Crippen molar-refractivity contribution in [3.63, 3.8) is 0 Å². The molecule has 0 aliphatic heterocycles. The number of hydrogen-bond acceptors (Lipinski definition) is 6. The first-order valence-corrected chi connectivity index (χ1v) is 14.9. The summed E-state index contributed by atoms with van der Waals surface area (Å²) < 4.78 is 0. The van der Waals surface area contributed by atoms with Gasteiger partial charge in [-0.05, 0) is 57.0 Å². The Bertz CT molecular complexity index is 558. The van der Waals surface area contributed by atoms with Gasteiger partial charge in [-0.1, -0.05) is 92.2 Å². The van der Waals surface area contributed by atoms with E-state index >= 15 is 0 Å². The highest BCUT2D eigenvalue weighted by Crippen LogP contribution is 2.28. The smallest absolute Gasteiger partial charge is 0.226 e. The first-order valence-electron chi connectivity index (χ1n) is 14.5. The average molecular weight is 515 g/mol. The molecule has 1 aromatic heterocycles. The molecule has 208 valence electrons. The number of nitrogens with one attached hydrogen (secondary N) is 3. The molecule has 0 radical (unpaired) electrons. The first kappa shape index (κ1) is 36.0. The molecule has 0 spiro atoms. The van der Waals surface area contributed by atoms with Crippen LogP contribution >= 0.6 is 11.6 Å². The average Bonchev–Trinajstić information content (AvgIpc) is 2.92. The van der Waals surface area contributed by atoms with Crippen molar-refractivity contribution >= 4 is 23.4 Å². The molecular weight excluding hydrogens is 456 g/mol. The predicted molar refractivity (Wildman–Crippen MR) is 159 cm³/mol. The SMILES string of the molecule is CC.CC.CC.CNc1cc(Cl)nc(NCC2CCC(C)CC2)n1.NCCCNC1CCCCC1. The van der Waals surface area contributed by atoms with E-state index in [2.05, 4.69) is 32.8 Å². The van der Waals surface area contributed by atoms with Crippen LogP contribution in [0.1, 0.15) is 113 Å². The van der Waals surface area contributed by atoms with Crippen LogP contribution in [0.25, 0.3) is 0 Å². The first-order chi connectivity index (χ1) is 17.1. The van der Waals surface area contributed by atoms with Gasteiger partial charge in [0.1, 0.15) is 11.0 Å². The maximum Gasteiger partial charge on any atom is 0.226 e. The zero-order valence-electron chi connectivity index (χ0n) is 24.4. The van der Waals surface area contributed by atoms with Gasteiger partial charge in [0.2, 0.25) is 5.95 Å². The Hall–Kier alpha value is -1.11. The van der Waals surface area contributed by atoms with Crippen molar-refractivity contribution in [3.05, 3.63) is 11.2 Å². The fourth-order valence-electron chi connectivity index (χ4n) is 4.11. The molecule has 0 saturated heterocycles. The highest BCUT2D eigenvalue weighted by Gasteiger charge is 2.18. The number of hydrogen-bond donors (Lipinski definition) is 4. The van der Waals surface area contributed by atoms with Crippen LogP contribution in [0, 0.1) is 11.8 Å². The minimum Gasteiger partial charge on any atom is -0.373 e. The van der Waals surface area contributed by atoms with Gasteiger partial charge in [0.15, 0.2) is 0 Å². The normalized spacial score (nSPS) is 19.1. The van der Waals surface area contributed by atoms with E-state index in [4.69, 9.17) is 17.3 Å². The van der Waals surface area contributed by atoms with E-state index in [0.717, 1.165) is 49.8 Å². The van der Waals surface area contributed by atoms with Gasteiger partial charge in [-0.3, -0.25) is 0 Å². The molecule has 0 unspecified atom stereocenters. The van der Waals surface area contributed by atoms with E-state index in [1.54, 1.807) is 6.07 Å². The quantitative estimate of drug-likeness (QED) is 0.209. The van der Waals surface area contributed by atoms with E-state index in [1.165, 1.54) is 57.8 Å². The van der Waals surface area contributed by atoms with Crippen LogP contribution < -0.4 is 21.7 Å². The number of anilines is 2. The monoisotopic (exact) mass is 514 g/mol. The largest absolute Gasteiger partial charge is 0.373 e. The lowest BCUT2D eigenvalue weighted by Gasteiger charge is -2.26. The number of nitrogens with two attached hydrogens (primary N) is 1. The molecule has 6 nitrogen and oxygen atoms in total. The molecule has 0 atom stereocenters. The van der Waals surface area contributed by atoms with Gasteiger partial charge < -0.3 is 21.7 Å². The third-order valence-electron chi connectivity index (χ3n) is 6.05. The van der Waals surface area contributed by atoms with E-state index in [9.17, 15) is 0 Å². The highest BCUT2D eigenvalue weighted by molar-refractivity contribution is 6.29. The topological polar surface area (TPSA) is 87.9 Å². The summed E-state index contributed by atoms with van der Waals surface area (Å²) in [6.07, 6.45) is 13.4. The molecule has 5 N–H and O–H groups in total. The zero-order valence-corrected chi connectivity index (χ0v) is 25.1. The molecule has 1 aromatic rings. The zero-order chi connectivity index (χ0) is 26.9. The minimum absolute atomic E-state index is 0.467. The van der Waals surface area contributed by atoms with Crippen LogP contribution in [0.2, 0.25) is 5.15 Å². The lowest BCUT2D eigenvalue weighted by Crippen LogP contribution is -2.32. The van der Waals surface area contributed by atoms with Crippen molar-refractivity contribution in [2.75, 3.05) is 37.3 Å². The number of rotatable bonds is 8. The van der Waals surface area contributed by atoms with Crippen LogP contribution in [0.15, 0.2) is 6.07 Å². The van der Waals surface area contributed by atoms with Gasteiger partial charge in [-0.15, -0.1) is 0 Å². The van der Waals surface area contributed by atoms with E-state index in [0.29, 0.717) is 11.1 Å². The number of aromatic nitrogens is 2. The van der Waals surface area contributed by atoms with E-state index < -0.39 is 0 Å². The number of halogens is 1. The van der Waals surface area contributed by atoms with Crippen molar-refractivity contribution < 1.29 is 0 Å². The Morgan fingerprint density at radius 1 is 0.914 bits per heavy atom. The molecular formula is C28H59ClN6. The third-order valence-corrected chi connectivity index (χ3v) is 6.25. The predicted octanol–water partition coefficient (Wildman–Crippen LogP) is 7.75. The van der Waals surface area contributed by atoms with Crippen LogP contribution in [0.5, 0.6) is 0 Å². The van der Waals surface area contributed by atoms with Crippen molar-refractivity contribution in [2.45, 2.75) is 119 Å². The summed E-state index contributed by atoms with van der Waals surface area (Å²) in [5.74, 6) is 2.99. The van der Waals surface area contributed by atoms with Gasteiger partial charge in [-0.25, -0.2) is 4.98 Å². The van der Waals surface area contributed by atoms with Gasteiger partial charge in [0.05, 0.1) is 0 Å². The molecule has 35 heavy (non-hydrogen) atoms. The molecule has 0 aromatic carbocycles. The van der Waals surface area contributed by atoms with Gasteiger partial charge in [0.25, 0.3) is 0 Å². The Morgan fingerprint density at radius 2 is 1.51 bits per heavy atom. The standard InChI is InChI=1S/C13H21ClN4.C9H20N2.3C2H6/c1-9-3-5-10(6-4-9)8-16-13-17-11(14)7-12(15-2)18-13;10-7-4-8-11-9-5-2-1-3-6-9;3*1-2/h7,9-10H,3-6,8H2,1-2H3,(H2,15,16,17,18);9,11H,1-8,10H2;3*1-2H3. The van der Waals surface area contributed by atoms with Crippen molar-refractivity contribution in [1.82, 2.24) is 15.3 Å². The van der Waals surface area contributed by atoms with Crippen LogP contribution in [-0.4, -0.2) is 42.7 Å². The molecule has 1 heterocycles. The van der Waals surface area contributed by atoms with Crippen LogP contribution in [0.4, 0.5) is 11.8 Å². The fraction of sp³-hybridized carbons (Fsp3) is 0.857. The third kappa shape index (κ3) is 18.8. The second kappa shape index (κ2) is 26.0. The van der Waals surface area contributed by atoms with Gasteiger partial charge in [-0.2, -0.15) is 4.98 Å². The minimum atomic E-state index is 0.467. The van der Waals surface area contributed by atoms with Crippen LogP contribution in [0.3, 0.4) is 0 Å². The van der Waals surface area contributed by atoms with E-state index in [-0.39, 0.29) is 0 Å². The summed E-state index contributed by atoms with van der Waals surface area (Å²) in [5, 5.41) is 10.3. The molecule has 0 bridgehead atoms. The molecule has 3 rings (SSSR count). The Balaban J connectivity index is 0. The summed E-state index contributed by atoms with van der Waals surface area (Å²) in [4.78, 5) is 8.52. The second-order valence-electron chi connectivity index (χ2n) is 8.59. The summed E-state index contributed by atoms with van der Waals surface area (Å²) in [6.45, 7) is 17.2. The second-order valence-corrected chi connectivity index (χ2v) is 8.97. The molecule has 2 saturated carbocycles. The van der Waals surface area contributed by atoms with Crippen molar-refractivity contribution in [2.24, 2.45) is 17.6 Å². The molecule has 7 heteroatoms. The van der Waals surface area contributed by atoms with E-state index in [1.807, 2.05) is 48.6 Å². The molecule has 2 fully saturated rings. The van der Waals surface area contributed by atoms with Crippen LogP contribution in [-0.2, 0) is 0 Å².